The van der Waals surface area contributed by atoms with Crippen molar-refractivity contribution in [2.24, 2.45) is 5.73 Å². The zero-order valence-corrected chi connectivity index (χ0v) is 9.32. The highest BCUT2D eigenvalue weighted by Crippen LogP contribution is 2.38. The Hall–Kier alpha value is 0.0300. The van der Waals surface area contributed by atoms with Crippen LogP contribution >= 0.6 is 7.60 Å². The molecule has 0 heterocycles. The van der Waals surface area contributed by atoms with Gasteiger partial charge < -0.3 is 15.5 Å². The molecule has 0 aliphatic rings. The van der Waals surface area contributed by atoms with Crippen molar-refractivity contribution < 1.29 is 14.4 Å². The minimum absolute atomic E-state index is 0.389. The zero-order valence-electron chi connectivity index (χ0n) is 8.43. The first kappa shape index (κ1) is 13.0. The number of hydrogen-bond acceptors (Lipinski definition) is 4. The normalized spacial score (nSPS) is 14.2. The molecule has 4 N–H and O–H groups in total. The largest absolute Gasteiger partial charge is 0.330 e. The Morgan fingerprint density at radius 1 is 1.23 bits per heavy atom. The van der Waals surface area contributed by atoms with Crippen molar-refractivity contribution in [3.8, 4) is 0 Å². The molecule has 0 bridgehead atoms. The molecule has 0 aromatic rings. The van der Waals surface area contributed by atoms with Gasteiger partial charge in [0, 0.05) is 0 Å². The summed E-state index contributed by atoms with van der Waals surface area (Å²) in [5.41, 5.74) is 5.83. The Labute approximate surface area is 78.5 Å². The SMILES string of the molecule is CN(C)C(N)(CP(=O)(O)O)N(C)C. The summed E-state index contributed by atoms with van der Waals surface area (Å²) in [6.07, 6.45) is -0.389. The summed E-state index contributed by atoms with van der Waals surface area (Å²) in [5, 5.41) is 0. The zero-order chi connectivity index (χ0) is 10.9. The summed E-state index contributed by atoms with van der Waals surface area (Å²) in [4.78, 5) is 20.8. The number of hydrogen-bond donors (Lipinski definition) is 3. The number of rotatable bonds is 4. The van der Waals surface area contributed by atoms with Crippen molar-refractivity contribution in [3.05, 3.63) is 0 Å². The van der Waals surface area contributed by atoms with Crippen molar-refractivity contribution in [2.75, 3.05) is 34.4 Å². The van der Waals surface area contributed by atoms with Gasteiger partial charge in [0.1, 0.15) is 5.79 Å². The molecular formula is C6H18N3O3P. The van der Waals surface area contributed by atoms with Crippen LogP contribution < -0.4 is 5.73 Å². The monoisotopic (exact) mass is 211 g/mol. The standard InChI is InChI=1S/C6H18N3O3P/c1-8(2)6(7,9(3)4)5-13(10,11)12/h5,7H2,1-4H3,(H2,10,11,12). The smallest absolute Gasteiger partial charge is 0.324 e. The average molecular weight is 211 g/mol. The van der Waals surface area contributed by atoms with Crippen LogP contribution in [0.1, 0.15) is 0 Å². The summed E-state index contributed by atoms with van der Waals surface area (Å²) in [5.74, 6) is -1.11. The van der Waals surface area contributed by atoms with Crippen LogP contribution in [0, 0.1) is 0 Å². The summed E-state index contributed by atoms with van der Waals surface area (Å²) in [6, 6.07) is 0. The molecule has 0 unspecified atom stereocenters. The van der Waals surface area contributed by atoms with Gasteiger partial charge in [-0.2, -0.15) is 0 Å². The van der Waals surface area contributed by atoms with Gasteiger partial charge in [0.15, 0.2) is 0 Å². The molecule has 0 aromatic heterocycles. The van der Waals surface area contributed by atoms with Crippen LogP contribution in [0.5, 0.6) is 0 Å². The molecule has 80 valence electrons. The fraction of sp³-hybridized carbons (Fsp3) is 1.00. The van der Waals surface area contributed by atoms with Crippen molar-refractivity contribution in [2.45, 2.75) is 5.79 Å². The summed E-state index contributed by atoms with van der Waals surface area (Å²) >= 11 is 0. The van der Waals surface area contributed by atoms with Gasteiger partial charge in [-0.25, -0.2) is 0 Å². The Balaban J connectivity index is 4.73. The molecule has 13 heavy (non-hydrogen) atoms. The molecule has 0 aliphatic carbocycles. The van der Waals surface area contributed by atoms with Crippen molar-refractivity contribution in [1.29, 1.82) is 0 Å². The van der Waals surface area contributed by atoms with Gasteiger partial charge in [0.05, 0.1) is 6.16 Å². The highest BCUT2D eigenvalue weighted by Gasteiger charge is 2.37. The van der Waals surface area contributed by atoms with Crippen LogP contribution in [-0.2, 0) is 4.57 Å². The maximum atomic E-state index is 10.8. The lowest BCUT2D eigenvalue weighted by molar-refractivity contribution is 0.0266. The molecule has 0 amide bonds. The van der Waals surface area contributed by atoms with E-state index in [-0.39, 0.29) is 6.16 Å². The van der Waals surface area contributed by atoms with Crippen LogP contribution in [0.25, 0.3) is 0 Å². The molecule has 0 fully saturated rings. The lowest BCUT2D eigenvalue weighted by Gasteiger charge is -2.41. The molecule has 0 spiro atoms. The van der Waals surface area contributed by atoms with Crippen molar-refractivity contribution in [3.63, 3.8) is 0 Å². The van der Waals surface area contributed by atoms with E-state index < -0.39 is 13.4 Å². The number of nitrogens with zero attached hydrogens (tertiary/aromatic N) is 2. The van der Waals surface area contributed by atoms with Gasteiger partial charge in [-0.15, -0.1) is 0 Å². The lowest BCUT2D eigenvalue weighted by Crippen LogP contribution is -2.64. The molecule has 0 aliphatic heterocycles. The Kier molecular flexibility index (Phi) is 4.05. The quantitative estimate of drug-likeness (QED) is 0.404. The van der Waals surface area contributed by atoms with E-state index in [1.807, 2.05) is 0 Å². The molecule has 0 rings (SSSR count). The van der Waals surface area contributed by atoms with Crippen LogP contribution in [0.15, 0.2) is 0 Å². The van der Waals surface area contributed by atoms with Crippen LogP contribution in [-0.4, -0.2) is 59.7 Å². The van der Waals surface area contributed by atoms with E-state index >= 15 is 0 Å². The van der Waals surface area contributed by atoms with Crippen molar-refractivity contribution >= 4 is 7.60 Å². The van der Waals surface area contributed by atoms with E-state index in [1.54, 1.807) is 38.0 Å². The molecule has 0 saturated carbocycles. The predicted molar refractivity (Wildman–Crippen MR) is 51.2 cm³/mol. The topological polar surface area (TPSA) is 90.0 Å². The minimum Gasteiger partial charge on any atom is -0.324 e. The van der Waals surface area contributed by atoms with E-state index in [2.05, 4.69) is 0 Å². The second kappa shape index (κ2) is 4.04. The van der Waals surface area contributed by atoms with E-state index in [0.717, 1.165) is 0 Å². The molecule has 0 radical (unpaired) electrons. The number of nitrogens with two attached hydrogens (primary N) is 1. The summed E-state index contributed by atoms with van der Waals surface area (Å²) in [7, 11) is 2.60. The highest BCUT2D eigenvalue weighted by atomic mass is 31.2. The second-order valence-corrected chi connectivity index (χ2v) is 5.14. The van der Waals surface area contributed by atoms with Gasteiger partial charge in [-0.3, -0.25) is 14.4 Å². The first-order chi connectivity index (χ1) is 5.59. The lowest BCUT2D eigenvalue weighted by atomic mass is 10.3. The molecule has 6 nitrogen and oxygen atoms in total. The third-order valence-electron chi connectivity index (χ3n) is 1.99. The summed E-state index contributed by atoms with van der Waals surface area (Å²) < 4.78 is 10.8. The van der Waals surface area contributed by atoms with Gasteiger partial charge in [-0.05, 0) is 28.2 Å². The third kappa shape index (κ3) is 3.72. The van der Waals surface area contributed by atoms with Crippen LogP contribution in [0.2, 0.25) is 0 Å². The first-order valence-corrected chi connectivity index (χ1v) is 5.57. The van der Waals surface area contributed by atoms with E-state index in [9.17, 15) is 4.57 Å². The van der Waals surface area contributed by atoms with Gasteiger partial charge in [0.25, 0.3) is 0 Å². The highest BCUT2D eigenvalue weighted by molar-refractivity contribution is 7.51. The Morgan fingerprint density at radius 2 is 1.54 bits per heavy atom. The van der Waals surface area contributed by atoms with Crippen LogP contribution in [0.3, 0.4) is 0 Å². The molecule has 0 saturated heterocycles. The summed E-state index contributed by atoms with van der Waals surface area (Å²) in [6.45, 7) is 0. The first-order valence-electron chi connectivity index (χ1n) is 3.78. The average Bonchev–Trinajstić information content (AvgIpc) is 1.82. The predicted octanol–water partition coefficient (Wildman–Crippen LogP) is -1.10. The van der Waals surface area contributed by atoms with Gasteiger partial charge >= 0.3 is 7.60 Å². The maximum absolute atomic E-state index is 10.8. The molecular weight excluding hydrogens is 193 g/mol. The van der Waals surface area contributed by atoms with Gasteiger partial charge in [0.2, 0.25) is 0 Å². The van der Waals surface area contributed by atoms with E-state index in [1.165, 1.54) is 0 Å². The van der Waals surface area contributed by atoms with E-state index in [0.29, 0.717) is 0 Å². The Bertz CT molecular complexity index is 205. The molecule has 0 atom stereocenters. The third-order valence-corrected chi connectivity index (χ3v) is 2.86. The van der Waals surface area contributed by atoms with Gasteiger partial charge in [-0.1, -0.05) is 0 Å². The van der Waals surface area contributed by atoms with Crippen LogP contribution in [0.4, 0.5) is 0 Å². The van der Waals surface area contributed by atoms with E-state index in [4.69, 9.17) is 15.5 Å². The maximum Gasteiger partial charge on any atom is 0.330 e. The minimum atomic E-state index is -4.10. The molecule has 7 heteroatoms. The fourth-order valence-corrected chi connectivity index (χ4v) is 2.16. The van der Waals surface area contributed by atoms with Crippen molar-refractivity contribution in [1.82, 2.24) is 9.80 Å². The second-order valence-electron chi connectivity index (χ2n) is 3.49. The fourth-order valence-electron chi connectivity index (χ4n) is 0.986. The Morgan fingerprint density at radius 3 is 1.62 bits per heavy atom. The molecule has 0 aromatic carbocycles.